The third-order valence-corrected chi connectivity index (χ3v) is 3.50. The number of hydrogen-bond donors (Lipinski definition) is 1. The third-order valence-electron chi connectivity index (χ3n) is 3.50. The second kappa shape index (κ2) is 6.53. The standard InChI is InChI=1S/C17H20FNO/c1-12-9-16(18)8-7-15(12)11-19-13(2)14-5-4-6-17(10-14)20-3/h4-10,13,19H,11H2,1-3H3/t13-/m0/s1. The summed E-state index contributed by atoms with van der Waals surface area (Å²) in [6, 6.07) is 13.1. The van der Waals surface area contributed by atoms with Gasteiger partial charge < -0.3 is 10.1 Å². The molecule has 2 rings (SSSR count). The predicted molar refractivity (Wildman–Crippen MR) is 79.4 cm³/mol. The van der Waals surface area contributed by atoms with Gasteiger partial charge in [0.15, 0.2) is 0 Å². The normalized spacial score (nSPS) is 12.2. The number of aryl methyl sites for hydroxylation is 1. The minimum absolute atomic E-state index is 0.188. The van der Waals surface area contributed by atoms with Crippen LogP contribution >= 0.6 is 0 Å². The molecule has 0 saturated carbocycles. The Morgan fingerprint density at radius 3 is 2.70 bits per heavy atom. The quantitative estimate of drug-likeness (QED) is 0.889. The first-order valence-corrected chi connectivity index (χ1v) is 6.72. The fourth-order valence-electron chi connectivity index (χ4n) is 2.15. The number of ether oxygens (including phenoxy) is 1. The molecule has 2 aromatic rings. The van der Waals surface area contributed by atoms with E-state index in [9.17, 15) is 4.39 Å². The molecule has 1 atom stereocenters. The molecule has 2 aromatic carbocycles. The Balaban J connectivity index is 2.02. The van der Waals surface area contributed by atoms with Crippen LogP contribution in [0, 0.1) is 12.7 Å². The van der Waals surface area contributed by atoms with E-state index < -0.39 is 0 Å². The molecule has 0 aliphatic heterocycles. The molecule has 0 aromatic heterocycles. The van der Waals surface area contributed by atoms with Crippen molar-refractivity contribution in [2.24, 2.45) is 0 Å². The second-order valence-corrected chi connectivity index (χ2v) is 4.95. The van der Waals surface area contributed by atoms with Gasteiger partial charge in [0.05, 0.1) is 7.11 Å². The summed E-state index contributed by atoms with van der Waals surface area (Å²) in [6.07, 6.45) is 0. The first kappa shape index (κ1) is 14.5. The van der Waals surface area contributed by atoms with Gasteiger partial charge in [-0.1, -0.05) is 18.2 Å². The first-order valence-electron chi connectivity index (χ1n) is 6.72. The molecule has 1 N–H and O–H groups in total. The molecule has 0 aliphatic carbocycles. The molecule has 20 heavy (non-hydrogen) atoms. The van der Waals surface area contributed by atoms with Crippen molar-refractivity contribution in [3.05, 3.63) is 65.0 Å². The Kier molecular flexibility index (Phi) is 4.74. The van der Waals surface area contributed by atoms with Crippen molar-refractivity contribution in [2.75, 3.05) is 7.11 Å². The van der Waals surface area contributed by atoms with Crippen LogP contribution in [0.1, 0.15) is 29.7 Å². The van der Waals surface area contributed by atoms with Gasteiger partial charge >= 0.3 is 0 Å². The summed E-state index contributed by atoms with van der Waals surface area (Å²) < 4.78 is 18.3. The van der Waals surface area contributed by atoms with Crippen molar-refractivity contribution in [2.45, 2.75) is 26.4 Å². The van der Waals surface area contributed by atoms with E-state index >= 15 is 0 Å². The average Bonchev–Trinajstić information content (AvgIpc) is 2.46. The minimum Gasteiger partial charge on any atom is -0.497 e. The van der Waals surface area contributed by atoms with Gasteiger partial charge in [-0.2, -0.15) is 0 Å². The predicted octanol–water partition coefficient (Wildman–Crippen LogP) is 3.99. The zero-order valence-electron chi connectivity index (χ0n) is 12.1. The molecular formula is C17H20FNO. The van der Waals surface area contributed by atoms with Crippen molar-refractivity contribution in [1.29, 1.82) is 0 Å². The maximum Gasteiger partial charge on any atom is 0.123 e. The monoisotopic (exact) mass is 273 g/mol. The van der Waals surface area contributed by atoms with E-state index in [1.165, 1.54) is 11.6 Å². The lowest BCUT2D eigenvalue weighted by molar-refractivity contribution is 0.413. The van der Waals surface area contributed by atoms with Crippen LogP contribution in [-0.4, -0.2) is 7.11 Å². The molecule has 0 bridgehead atoms. The zero-order valence-corrected chi connectivity index (χ0v) is 12.1. The maximum atomic E-state index is 13.1. The van der Waals surface area contributed by atoms with E-state index in [1.54, 1.807) is 13.2 Å². The lowest BCUT2D eigenvalue weighted by atomic mass is 10.1. The van der Waals surface area contributed by atoms with E-state index in [1.807, 2.05) is 31.2 Å². The van der Waals surface area contributed by atoms with E-state index in [4.69, 9.17) is 4.74 Å². The molecular weight excluding hydrogens is 253 g/mol. The summed E-state index contributed by atoms with van der Waals surface area (Å²) in [5.41, 5.74) is 3.25. The smallest absolute Gasteiger partial charge is 0.123 e. The van der Waals surface area contributed by atoms with Gasteiger partial charge in [-0.25, -0.2) is 4.39 Å². The molecule has 0 unspecified atom stereocenters. The summed E-state index contributed by atoms with van der Waals surface area (Å²) in [7, 11) is 1.67. The van der Waals surface area contributed by atoms with Crippen LogP contribution in [-0.2, 0) is 6.54 Å². The number of hydrogen-bond acceptors (Lipinski definition) is 2. The van der Waals surface area contributed by atoms with Crippen molar-refractivity contribution in [3.8, 4) is 5.75 Å². The van der Waals surface area contributed by atoms with Crippen molar-refractivity contribution < 1.29 is 9.13 Å². The van der Waals surface area contributed by atoms with Gasteiger partial charge in [0.1, 0.15) is 11.6 Å². The molecule has 3 heteroatoms. The summed E-state index contributed by atoms with van der Waals surface area (Å²) in [5, 5.41) is 3.45. The van der Waals surface area contributed by atoms with Gasteiger partial charge in [-0.3, -0.25) is 0 Å². The molecule has 106 valence electrons. The van der Waals surface area contributed by atoms with Crippen LogP contribution in [0.5, 0.6) is 5.75 Å². The third kappa shape index (κ3) is 3.58. The number of rotatable bonds is 5. The topological polar surface area (TPSA) is 21.3 Å². The van der Waals surface area contributed by atoms with Crippen molar-refractivity contribution >= 4 is 0 Å². The van der Waals surface area contributed by atoms with E-state index in [2.05, 4.69) is 18.3 Å². The Morgan fingerprint density at radius 2 is 2.00 bits per heavy atom. The van der Waals surface area contributed by atoms with Crippen molar-refractivity contribution in [1.82, 2.24) is 5.32 Å². The summed E-state index contributed by atoms with van der Waals surface area (Å²) in [4.78, 5) is 0. The van der Waals surface area contributed by atoms with Gasteiger partial charge in [0, 0.05) is 12.6 Å². The molecule has 0 radical (unpaired) electrons. The fourth-order valence-corrected chi connectivity index (χ4v) is 2.15. The molecule has 0 spiro atoms. The number of halogens is 1. The van der Waals surface area contributed by atoms with Crippen molar-refractivity contribution in [3.63, 3.8) is 0 Å². The Hall–Kier alpha value is -1.87. The summed E-state index contributed by atoms with van der Waals surface area (Å²) in [5.74, 6) is 0.668. The SMILES string of the molecule is COc1cccc([C@H](C)NCc2ccc(F)cc2C)c1. The molecule has 0 aliphatic rings. The van der Waals surface area contributed by atoms with Crippen LogP contribution in [0.15, 0.2) is 42.5 Å². The van der Waals surface area contributed by atoms with Crippen LogP contribution in [0.25, 0.3) is 0 Å². The second-order valence-electron chi connectivity index (χ2n) is 4.95. The number of benzene rings is 2. The van der Waals surface area contributed by atoms with E-state index in [-0.39, 0.29) is 11.9 Å². The number of methoxy groups -OCH3 is 1. The molecule has 0 fully saturated rings. The highest BCUT2D eigenvalue weighted by Crippen LogP contribution is 2.19. The van der Waals surface area contributed by atoms with Crippen LogP contribution in [0.3, 0.4) is 0 Å². The van der Waals surface area contributed by atoms with E-state index in [0.29, 0.717) is 6.54 Å². The van der Waals surface area contributed by atoms with Crippen LogP contribution in [0.2, 0.25) is 0 Å². The van der Waals surface area contributed by atoms with Crippen LogP contribution in [0.4, 0.5) is 4.39 Å². The highest BCUT2D eigenvalue weighted by molar-refractivity contribution is 5.31. The Bertz CT molecular complexity index is 583. The molecule has 2 nitrogen and oxygen atoms in total. The zero-order chi connectivity index (χ0) is 14.5. The fraction of sp³-hybridized carbons (Fsp3) is 0.294. The minimum atomic E-state index is -0.188. The maximum absolute atomic E-state index is 13.1. The van der Waals surface area contributed by atoms with Gasteiger partial charge in [-0.15, -0.1) is 0 Å². The van der Waals surface area contributed by atoms with Crippen LogP contribution < -0.4 is 10.1 Å². The van der Waals surface area contributed by atoms with Gasteiger partial charge in [0.25, 0.3) is 0 Å². The summed E-state index contributed by atoms with van der Waals surface area (Å²) >= 11 is 0. The molecule has 0 amide bonds. The Labute approximate surface area is 119 Å². The lowest BCUT2D eigenvalue weighted by Crippen LogP contribution is -2.18. The summed E-state index contributed by atoms with van der Waals surface area (Å²) in [6.45, 7) is 4.74. The highest BCUT2D eigenvalue weighted by Gasteiger charge is 2.07. The van der Waals surface area contributed by atoms with Gasteiger partial charge in [-0.05, 0) is 54.8 Å². The van der Waals surface area contributed by atoms with Gasteiger partial charge in [0.2, 0.25) is 0 Å². The first-order chi connectivity index (χ1) is 9.60. The number of nitrogens with one attached hydrogen (secondary N) is 1. The largest absolute Gasteiger partial charge is 0.497 e. The average molecular weight is 273 g/mol. The molecule has 0 saturated heterocycles. The molecule has 0 heterocycles. The Morgan fingerprint density at radius 1 is 1.20 bits per heavy atom. The highest BCUT2D eigenvalue weighted by atomic mass is 19.1. The van der Waals surface area contributed by atoms with E-state index in [0.717, 1.165) is 16.9 Å². The lowest BCUT2D eigenvalue weighted by Gasteiger charge is -2.16.